The van der Waals surface area contributed by atoms with Gasteiger partial charge in [-0.05, 0) is 0 Å². The van der Waals surface area contributed by atoms with Crippen LogP contribution >= 0.6 is 0 Å². The van der Waals surface area contributed by atoms with Crippen molar-refractivity contribution in [2.45, 2.75) is 0 Å². The third-order valence-electron chi connectivity index (χ3n) is 0. The quantitative estimate of drug-likeness (QED) is 0.381. The summed E-state index contributed by atoms with van der Waals surface area (Å²) in [6.45, 7) is 0. The van der Waals surface area contributed by atoms with Gasteiger partial charge in [-0.2, -0.15) is 0 Å². The van der Waals surface area contributed by atoms with E-state index < -0.39 is 15.0 Å². The molecule has 0 spiro atoms. The molecule has 0 saturated heterocycles. The van der Waals surface area contributed by atoms with Crippen LogP contribution in [-0.2, 0) is 14.1 Å². The van der Waals surface area contributed by atoms with E-state index >= 15 is 0 Å². The average molecular weight is 157 g/mol. The summed E-state index contributed by atoms with van der Waals surface area (Å²) in [5.41, 5.74) is 0. The van der Waals surface area contributed by atoms with Crippen LogP contribution in [-0.4, -0.2) is 34.3 Å². The molecule has 6 heteroatoms. The first-order valence-corrected chi connectivity index (χ1v) is 4.76. The molecule has 0 fully saturated rings. The highest BCUT2D eigenvalue weighted by atomic mass is 32.2. The molecule has 5 nitrogen and oxygen atoms in total. The van der Waals surface area contributed by atoms with Gasteiger partial charge in [-0.3, -0.25) is 0 Å². The van der Waals surface area contributed by atoms with Gasteiger partial charge in [0.2, 0.25) is 0 Å². The maximum Gasteiger partial charge on any atom is 0.472 e. The molecule has 0 aromatic rings. The molecule has 0 aromatic heterocycles. The molecule has 0 heterocycles. The van der Waals surface area contributed by atoms with Gasteiger partial charge < -0.3 is 0 Å². The Hall–Kier alpha value is -0.650. The van der Waals surface area contributed by atoms with Gasteiger partial charge in [-0.1, -0.05) is 0 Å². The van der Waals surface area contributed by atoms with Crippen LogP contribution in [0.25, 0.3) is 0 Å². The minimum atomic E-state index is -1.42. The van der Waals surface area contributed by atoms with Crippen molar-refractivity contribution >= 4 is 9.93 Å². The molecule has 0 aliphatic carbocycles. The summed E-state index contributed by atoms with van der Waals surface area (Å²) in [6, 6.07) is 0. The van der Waals surface area contributed by atoms with E-state index in [9.17, 15) is 4.21 Å². The molecular weight excluding hydrogens is 146 g/mol. The fourth-order valence-electron chi connectivity index (χ4n) is 0. The second-order valence-electron chi connectivity index (χ2n) is 1.98. The molecule has 0 aliphatic heterocycles. The van der Waals surface area contributed by atoms with Crippen LogP contribution < -0.4 is 0 Å². The van der Waals surface area contributed by atoms with Crippen molar-refractivity contribution in [3.8, 4) is 0 Å². The van der Waals surface area contributed by atoms with Crippen molar-refractivity contribution in [2.75, 3.05) is 18.8 Å². The molecule has 0 bridgehead atoms. The first-order valence-electron chi connectivity index (χ1n) is 1.97. The van der Waals surface area contributed by atoms with Crippen molar-refractivity contribution in [1.29, 1.82) is 0 Å². The highest BCUT2D eigenvalue weighted by Crippen LogP contribution is 1.78. The summed E-state index contributed by atoms with van der Waals surface area (Å²) in [5, 5.41) is 12.5. The Morgan fingerprint density at radius 2 is 1.22 bits per heavy atom. The van der Waals surface area contributed by atoms with E-state index in [-0.39, 0.29) is 0 Å². The minimum Gasteiger partial charge on any atom is -0.201 e. The van der Waals surface area contributed by atoms with Crippen LogP contribution in [0.15, 0.2) is 0 Å². The maximum absolute atomic E-state index is 10.2. The SMILES string of the molecule is C[S+](C)(C)=O.O=[N+](O)O. The summed E-state index contributed by atoms with van der Waals surface area (Å²) < 4.78 is 10.2. The van der Waals surface area contributed by atoms with Gasteiger partial charge in [0.25, 0.3) is 0 Å². The normalized spacial score (nSPS) is 9.22. The Bertz CT molecular complexity index is 116. The third-order valence-corrected chi connectivity index (χ3v) is 0. The van der Waals surface area contributed by atoms with Gasteiger partial charge >= 0.3 is 5.09 Å². The fraction of sp³-hybridized carbons (Fsp3) is 1.00. The van der Waals surface area contributed by atoms with E-state index in [4.69, 9.17) is 15.3 Å². The summed E-state index contributed by atoms with van der Waals surface area (Å²) in [4.78, 5) is 8.47. The highest BCUT2D eigenvalue weighted by molar-refractivity contribution is 8.00. The highest BCUT2D eigenvalue weighted by Gasteiger charge is 1.95. The van der Waals surface area contributed by atoms with Crippen molar-refractivity contribution in [1.82, 2.24) is 0 Å². The molecule has 56 valence electrons. The molecule has 0 amide bonds. The smallest absolute Gasteiger partial charge is 0.201 e. The Kier molecular flexibility index (Phi) is 5.28. The molecule has 0 atom stereocenters. The van der Waals surface area contributed by atoms with Gasteiger partial charge in [0.1, 0.15) is 23.7 Å². The minimum absolute atomic E-state index is 1.25. The van der Waals surface area contributed by atoms with Crippen molar-refractivity contribution in [3.05, 3.63) is 4.91 Å². The zero-order valence-electron chi connectivity index (χ0n) is 5.57. The molecule has 0 aromatic carbocycles. The monoisotopic (exact) mass is 157 g/mol. The van der Waals surface area contributed by atoms with E-state index in [0.29, 0.717) is 0 Å². The summed E-state index contributed by atoms with van der Waals surface area (Å²) in [5.74, 6) is 0. The van der Waals surface area contributed by atoms with E-state index in [1.54, 1.807) is 18.8 Å². The Balaban J connectivity index is 0. The Morgan fingerprint density at radius 3 is 1.22 bits per heavy atom. The number of hydrogen-bond acceptors (Lipinski definition) is 2. The first-order chi connectivity index (χ1) is 3.73. The number of rotatable bonds is 0. The second kappa shape index (κ2) is 4.25. The second-order valence-corrected chi connectivity index (χ2v) is 5.43. The van der Waals surface area contributed by atoms with E-state index in [0.717, 1.165) is 0 Å². The van der Waals surface area contributed by atoms with Gasteiger partial charge in [0.05, 0.1) is 9.93 Å². The molecule has 0 unspecified atom stereocenters. The summed E-state index contributed by atoms with van der Waals surface area (Å²) >= 11 is 0. The Morgan fingerprint density at radius 1 is 1.22 bits per heavy atom. The third kappa shape index (κ3) is 498. The van der Waals surface area contributed by atoms with Crippen LogP contribution in [0.4, 0.5) is 0 Å². The number of hydrogen-bond donors (Lipinski definition) is 2. The van der Waals surface area contributed by atoms with E-state index in [2.05, 4.69) is 0 Å². The first kappa shape index (κ1) is 11.2. The topological polar surface area (TPSA) is 77.6 Å². The molecular formula is C3H11NO4S+2. The van der Waals surface area contributed by atoms with E-state index in [1.807, 2.05) is 0 Å². The average Bonchev–Trinajstić information content (AvgIpc) is 1.19. The van der Waals surface area contributed by atoms with Crippen LogP contribution in [0.2, 0.25) is 0 Å². The standard InChI is InChI=1S/C3H9OS.H2NO3/c1-5(2,3)4;2-1(3)4/h1-3H3;(H2,2,3,4)/q2*+1. The molecule has 0 aliphatic rings. The molecule has 9 heavy (non-hydrogen) atoms. The predicted octanol–water partition coefficient (Wildman–Crippen LogP) is -0.0810. The van der Waals surface area contributed by atoms with E-state index in [1.165, 1.54) is 0 Å². The lowest BCUT2D eigenvalue weighted by Gasteiger charge is -1.80. The predicted molar refractivity (Wildman–Crippen MR) is 33.0 cm³/mol. The summed E-state index contributed by atoms with van der Waals surface area (Å²) in [6.07, 6.45) is 5.15. The maximum atomic E-state index is 10.2. The zero-order valence-corrected chi connectivity index (χ0v) is 6.38. The molecule has 0 saturated carbocycles. The Labute approximate surface area is 54.2 Å². The van der Waals surface area contributed by atoms with Gasteiger partial charge in [0, 0.05) is 0 Å². The van der Waals surface area contributed by atoms with Crippen LogP contribution in [0.5, 0.6) is 0 Å². The molecule has 2 N–H and O–H groups in total. The van der Waals surface area contributed by atoms with Gasteiger partial charge in [0.15, 0.2) is 0 Å². The largest absolute Gasteiger partial charge is 0.472 e. The number of nitrogens with zero attached hydrogens (tertiary/aromatic N) is 1. The molecule has 0 radical (unpaired) electrons. The molecule has 0 rings (SSSR count). The zero-order chi connectivity index (χ0) is 8.08. The lowest BCUT2D eigenvalue weighted by molar-refractivity contribution is -0.969. The van der Waals surface area contributed by atoms with Crippen molar-refractivity contribution < 1.29 is 19.7 Å². The lowest BCUT2D eigenvalue weighted by Crippen LogP contribution is -1.97. The van der Waals surface area contributed by atoms with Gasteiger partial charge in [-0.15, -0.1) is 4.21 Å². The van der Waals surface area contributed by atoms with Gasteiger partial charge in [-0.25, -0.2) is 10.4 Å². The lowest BCUT2D eigenvalue weighted by atomic mass is 11.9. The van der Waals surface area contributed by atoms with Crippen LogP contribution in [0, 0.1) is 4.91 Å². The summed E-state index contributed by atoms with van der Waals surface area (Å²) in [7, 11) is -1.42. The van der Waals surface area contributed by atoms with Crippen molar-refractivity contribution in [3.63, 3.8) is 0 Å². The van der Waals surface area contributed by atoms with Crippen molar-refractivity contribution in [2.24, 2.45) is 0 Å². The van der Waals surface area contributed by atoms with Crippen LogP contribution in [0.3, 0.4) is 0 Å². The fourth-order valence-corrected chi connectivity index (χ4v) is 0. The van der Waals surface area contributed by atoms with Crippen LogP contribution in [0.1, 0.15) is 0 Å².